The van der Waals surface area contributed by atoms with Crippen molar-refractivity contribution in [3.8, 4) is 0 Å². The monoisotopic (exact) mass is 612 g/mol. The number of ether oxygens (including phenoxy) is 7. The Morgan fingerprint density at radius 2 is 1.34 bits per heavy atom. The summed E-state index contributed by atoms with van der Waals surface area (Å²) in [6, 6.07) is 10.1. The summed E-state index contributed by atoms with van der Waals surface area (Å²) in [7, 11) is 0. The molecule has 2 heterocycles. The van der Waals surface area contributed by atoms with Crippen molar-refractivity contribution < 1.29 is 38.0 Å². The molecule has 1 aromatic carbocycles. The standard InChI is InChI=1S/C36H52O8/c1-23(2)26-16-15-24(3)21-27(26)39-34(37)40-29-28(38-22-25-13-7-4-8-14-25)30-32(43-35(41-30)17-9-5-10-18-35)33-31(29)42-36(44-33)19-11-6-12-20-36/h4,7-8,13-14,23-24,26-33H,5-6,9-12,15-22H2,1-3H3/t24-,26+,27-,28+,29+,30-,31+,32+,33+/m1/s1. The van der Waals surface area contributed by atoms with Crippen molar-refractivity contribution in [3.05, 3.63) is 35.9 Å². The fourth-order valence-corrected chi connectivity index (χ4v) is 8.96. The van der Waals surface area contributed by atoms with Crippen LogP contribution in [0, 0.1) is 17.8 Å². The minimum atomic E-state index is -0.750. The van der Waals surface area contributed by atoms with E-state index < -0.39 is 48.2 Å². The Bertz CT molecular complexity index is 1110. The molecular formula is C36H52O8. The highest BCUT2D eigenvalue weighted by atomic mass is 16.8. The Hall–Kier alpha value is -1.71. The zero-order chi connectivity index (χ0) is 30.3. The van der Waals surface area contributed by atoms with Gasteiger partial charge in [-0.25, -0.2) is 4.79 Å². The molecule has 4 aliphatic carbocycles. The SMILES string of the molecule is CC(C)[C@@H]1CC[C@@H](C)C[C@H]1OC(=O)O[C@H]1[C@H](OCc2ccccc2)[C@H]2OC3(CCCCC3)O[C@@H]2[C@H]2OC3(CCCCC3)O[C@@H]12. The van der Waals surface area contributed by atoms with Crippen molar-refractivity contribution in [1.82, 2.24) is 0 Å². The van der Waals surface area contributed by atoms with Crippen LogP contribution in [-0.4, -0.2) is 60.5 Å². The molecule has 4 saturated carbocycles. The third-order valence-electron chi connectivity index (χ3n) is 11.3. The highest BCUT2D eigenvalue weighted by Gasteiger charge is 2.67. The van der Waals surface area contributed by atoms with E-state index >= 15 is 0 Å². The summed E-state index contributed by atoms with van der Waals surface area (Å²) in [6.07, 6.45) is 9.09. The lowest BCUT2D eigenvalue weighted by molar-refractivity contribution is -0.229. The third-order valence-corrected chi connectivity index (χ3v) is 11.3. The van der Waals surface area contributed by atoms with Gasteiger partial charge in [-0.15, -0.1) is 0 Å². The molecule has 0 bridgehead atoms. The fraction of sp³-hybridized carbons (Fsp3) is 0.806. The lowest BCUT2D eigenvalue weighted by atomic mass is 9.75. The van der Waals surface area contributed by atoms with E-state index in [4.69, 9.17) is 33.2 Å². The van der Waals surface area contributed by atoms with Crippen LogP contribution in [0.15, 0.2) is 30.3 Å². The predicted molar refractivity (Wildman–Crippen MR) is 163 cm³/mol. The molecule has 44 heavy (non-hydrogen) atoms. The molecule has 2 spiro atoms. The fourth-order valence-electron chi connectivity index (χ4n) is 8.96. The van der Waals surface area contributed by atoms with Crippen molar-refractivity contribution in [1.29, 1.82) is 0 Å². The molecule has 0 amide bonds. The van der Waals surface area contributed by atoms with Crippen LogP contribution in [0.5, 0.6) is 0 Å². The van der Waals surface area contributed by atoms with Gasteiger partial charge in [-0.3, -0.25) is 0 Å². The maximum Gasteiger partial charge on any atom is 0.509 e. The van der Waals surface area contributed by atoms with E-state index in [1.54, 1.807) is 0 Å². The molecule has 2 saturated heterocycles. The topological polar surface area (TPSA) is 81.7 Å². The lowest BCUT2D eigenvalue weighted by Crippen LogP contribution is -2.63. The van der Waals surface area contributed by atoms with Crippen molar-refractivity contribution in [2.45, 2.75) is 165 Å². The molecule has 9 atom stereocenters. The van der Waals surface area contributed by atoms with Crippen LogP contribution in [0.4, 0.5) is 4.79 Å². The van der Waals surface area contributed by atoms with Crippen molar-refractivity contribution in [2.24, 2.45) is 17.8 Å². The highest BCUT2D eigenvalue weighted by molar-refractivity contribution is 5.60. The smallest absolute Gasteiger partial charge is 0.431 e. The lowest BCUT2D eigenvalue weighted by Gasteiger charge is -2.42. The minimum Gasteiger partial charge on any atom is -0.431 e. The number of carbonyl (C=O) groups is 1. The predicted octanol–water partition coefficient (Wildman–Crippen LogP) is 7.46. The van der Waals surface area contributed by atoms with Gasteiger partial charge in [-0.2, -0.15) is 0 Å². The van der Waals surface area contributed by atoms with Gasteiger partial charge in [0.05, 0.1) is 6.61 Å². The van der Waals surface area contributed by atoms with Gasteiger partial charge in [0.15, 0.2) is 17.7 Å². The van der Waals surface area contributed by atoms with E-state index in [0.29, 0.717) is 24.4 Å². The number of fused-ring (bicyclic) bond motifs is 3. The second-order valence-corrected chi connectivity index (χ2v) is 14.8. The molecule has 8 nitrogen and oxygen atoms in total. The van der Waals surface area contributed by atoms with Crippen molar-refractivity contribution in [2.75, 3.05) is 0 Å². The molecule has 2 aliphatic heterocycles. The summed E-state index contributed by atoms with van der Waals surface area (Å²) >= 11 is 0. The van der Waals surface area contributed by atoms with Gasteiger partial charge in [0.25, 0.3) is 0 Å². The number of hydrogen-bond acceptors (Lipinski definition) is 8. The summed E-state index contributed by atoms with van der Waals surface area (Å²) < 4.78 is 46.7. The quantitative estimate of drug-likeness (QED) is 0.306. The molecule has 6 aliphatic rings. The van der Waals surface area contributed by atoms with E-state index in [-0.39, 0.29) is 12.2 Å². The van der Waals surface area contributed by atoms with E-state index in [0.717, 1.165) is 76.2 Å². The molecule has 0 aromatic heterocycles. The van der Waals surface area contributed by atoms with Gasteiger partial charge in [0, 0.05) is 25.7 Å². The van der Waals surface area contributed by atoms with E-state index in [1.165, 1.54) is 12.8 Å². The molecule has 6 fully saturated rings. The minimum absolute atomic E-state index is 0.163. The van der Waals surface area contributed by atoms with Gasteiger partial charge in [0.2, 0.25) is 0 Å². The van der Waals surface area contributed by atoms with Gasteiger partial charge in [-0.05, 0) is 61.8 Å². The number of carbonyl (C=O) groups excluding carboxylic acids is 1. The first-order valence-electron chi connectivity index (χ1n) is 17.6. The summed E-state index contributed by atoms with van der Waals surface area (Å²) in [4.78, 5) is 13.7. The van der Waals surface area contributed by atoms with Crippen molar-refractivity contribution >= 4 is 6.16 Å². The maximum atomic E-state index is 13.7. The molecule has 7 rings (SSSR count). The Balaban J connectivity index is 1.18. The largest absolute Gasteiger partial charge is 0.509 e. The summed E-state index contributed by atoms with van der Waals surface area (Å²) in [5, 5.41) is 0. The van der Waals surface area contributed by atoms with Crippen LogP contribution in [0.1, 0.15) is 110 Å². The summed E-state index contributed by atoms with van der Waals surface area (Å²) in [5.41, 5.74) is 1.04. The molecule has 0 radical (unpaired) electrons. The Kier molecular flexibility index (Phi) is 9.01. The zero-order valence-electron chi connectivity index (χ0n) is 26.8. The van der Waals surface area contributed by atoms with Crippen LogP contribution in [-0.2, 0) is 39.8 Å². The van der Waals surface area contributed by atoms with Gasteiger partial charge >= 0.3 is 6.16 Å². The van der Waals surface area contributed by atoms with E-state index in [1.807, 2.05) is 30.3 Å². The number of benzene rings is 1. The molecule has 1 aromatic rings. The maximum absolute atomic E-state index is 13.7. The Labute approximate surface area is 262 Å². The van der Waals surface area contributed by atoms with Gasteiger partial charge in [0.1, 0.15) is 36.6 Å². The summed E-state index contributed by atoms with van der Waals surface area (Å²) in [5.74, 6) is -0.0863. The highest BCUT2D eigenvalue weighted by Crippen LogP contribution is 2.52. The van der Waals surface area contributed by atoms with Gasteiger partial charge in [-0.1, -0.05) is 70.4 Å². The second kappa shape index (κ2) is 12.8. The second-order valence-electron chi connectivity index (χ2n) is 14.8. The van der Waals surface area contributed by atoms with Crippen LogP contribution in [0.25, 0.3) is 0 Å². The molecule has 0 unspecified atom stereocenters. The third kappa shape index (κ3) is 6.18. The molecule has 244 valence electrons. The first-order valence-corrected chi connectivity index (χ1v) is 17.6. The zero-order valence-corrected chi connectivity index (χ0v) is 26.8. The van der Waals surface area contributed by atoms with Crippen LogP contribution < -0.4 is 0 Å². The van der Waals surface area contributed by atoms with E-state index in [2.05, 4.69) is 20.8 Å². The average Bonchev–Trinajstić information content (AvgIpc) is 3.56. The molecular weight excluding hydrogens is 560 g/mol. The van der Waals surface area contributed by atoms with E-state index in [9.17, 15) is 4.79 Å². The first kappa shape index (κ1) is 30.9. The van der Waals surface area contributed by atoms with Crippen LogP contribution >= 0.6 is 0 Å². The number of hydrogen-bond donors (Lipinski definition) is 0. The summed E-state index contributed by atoms with van der Waals surface area (Å²) in [6.45, 7) is 7.03. The first-order chi connectivity index (χ1) is 21.3. The normalized spacial score (nSPS) is 39.2. The van der Waals surface area contributed by atoms with Crippen molar-refractivity contribution in [3.63, 3.8) is 0 Å². The molecule has 8 heteroatoms. The Morgan fingerprint density at radius 3 is 1.93 bits per heavy atom. The Morgan fingerprint density at radius 1 is 0.773 bits per heavy atom. The average molecular weight is 613 g/mol. The van der Waals surface area contributed by atoms with Crippen LogP contribution in [0.3, 0.4) is 0 Å². The van der Waals surface area contributed by atoms with Gasteiger partial charge < -0.3 is 33.2 Å². The molecule has 0 N–H and O–H groups in total. The van der Waals surface area contributed by atoms with Crippen LogP contribution in [0.2, 0.25) is 0 Å². The number of rotatable bonds is 6.